The summed E-state index contributed by atoms with van der Waals surface area (Å²) in [5, 5.41) is 6.53. The fourth-order valence-electron chi connectivity index (χ4n) is 6.04. The number of nitrogens with one attached hydrogen (secondary N) is 2. The van der Waals surface area contributed by atoms with Gasteiger partial charge in [0.05, 0.1) is 0 Å². The molecule has 5 heteroatoms. The van der Waals surface area contributed by atoms with E-state index in [9.17, 15) is 9.18 Å². The average molecular weight is 520 g/mol. The fourth-order valence-corrected chi connectivity index (χ4v) is 6.04. The van der Waals surface area contributed by atoms with Crippen molar-refractivity contribution >= 4 is 12.2 Å². The van der Waals surface area contributed by atoms with E-state index in [0.29, 0.717) is 12.8 Å². The van der Waals surface area contributed by atoms with Crippen LogP contribution in [-0.4, -0.2) is 30.5 Å². The Bertz CT molecular complexity index is 1030. The number of aliphatic imine (C=N–C) groups is 1. The van der Waals surface area contributed by atoms with Gasteiger partial charge in [-0.2, -0.15) is 0 Å². The molecule has 0 fully saturated rings. The lowest BCUT2D eigenvalue weighted by Crippen LogP contribution is -2.55. The van der Waals surface area contributed by atoms with Gasteiger partial charge in [0.25, 0.3) is 0 Å². The number of carbonyl (C=O) groups is 1. The number of terminal acetylenes is 1. The molecule has 0 aromatic carbocycles. The number of halogens is 1. The van der Waals surface area contributed by atoms with Gasteiger partial charge in [0.1, 0.15) is 6.17 Å². The topological polar surface area (TPSA) is 53.5 Å². The van der Waals surface area contributed by atoms with E-state index in [1.807, 2.05) is 25.2 Å². The number of allylic oxidation sites excluding steroid dienone is 6. The van der Waals surface area contributed by atoms with Crippen LogP contribution in [0.15, 0.2) is 77.5 Å². The summed E-state index contributed by atoms with van der Waals surface area (Å²) in [6.45, 7) is 16.0. The largest absolute Gasteiger partial charge is 0.335 e. The lowest BCUT2D eigenvalue weighted by molar-refractivity contribution is 0.153. The van der Waals surface area contributed by atoms with Crippen molar-refractivity contribution in [3.05, 3.63) is 72.5 Å². The molecule has 1 aliphatic heterocycles. The van der Waals surface area contributed by atoms with Gasteiger partial charge in [0.2, 0.25) is 0 Å². The molecule has 1 heterocycles. The number of alkyl halides is 1. The molecule has 5 unspecified atom stereocenters. The molecule has 0 saturated carbocycles. The summed E-state index contributed by atoms with van der Waals surface area (Å²) in [5.41, 5.74) is 2.88. The van der Waals surface area contributed by atoms with E-state index in [1.165, 1.54) is 11.6 Å². The van der Waals surface area contributed by atoms with Crippen LogP contribution < -0.4 is 10.6 Å². The predicted molar refractivity (Wildman–Crippen MR) is 160 cm³/mol. The Balaban J connectivity index is 2.37. The first kappa shape index (κ1) is 31.1. The third-order valence-corrected chi connectivity index (χ3v) is 8.00. The van der Waals surface area contributed by atoms with E-state index in [4.69, 9.17) is 6.42 Å². The number of amides is 2. The van der Waals surface area contributed by atoms with Crippen LogP contribution in [0.1, 0.15) is 72.6 Å². The molecular formula is C33H46FN3O. The lowest BCUT2D eigenvalue weighted by atomic mass is 9.59. The first-order chi connectivity index (χ1) is 18.2. The van der Waals surface area contributed by atoms with Crippen molar-refractivity contribution in [2.75, 3.05) is 0 Å². The Kier molecular flexibility index (Phi) is 12.5. The van der Waals surface area contributed by atoms with Crippen molar-refractivity contribution in [2.45, 2.75) is 90.9 Å². The molecule has 0 bridgehead atoms. The van der Waals surface area contributed by atoms with Crippen LogP contribution in [0.3, 0.4) is 0 Å². The van der Waals surface area contributed by atoms with Gasteiger partial charge in [-0.25, -0.2) is 9.18 Å². The molecular weight excluding hydrogens is 473 g/mol. The summed E-state index contributed by atoms with van der Waals surface area (Å²) in [5.74, 6) is 2.56. The highest BCUT2D eigenvalue weighted by atomic mass is 19.1. The number of rotatable bonds is 10. The van der Waals surface area contributed by atoms with Crippen molar-refractivity contribution in [2.24, 2.45) is 22.2 Å². The maximum Gasteiger partial charge on any atom is 0.315 e. The summed E-state index contributed by atoms with van der Waals surface area (Å²) in [4.78, 5) is 17.6. The van der Waals surface area contributed by atoms with Gasteiger partial charge in [0.15, 0.2) is 0 Å². The number of urea groups is 1. The fraction of sp³-hybridized carbons (Fsp3) is 0.515. The zero-order valence-corrected chi connectivity index (χ0v) is 23.7. The molecule has 2 N–H and O–H groups in total. The van der Waals surface area contributed by atoms with Gasteiger partial charge in [-0.05, 0) is 63.0 Å². The van der Waals surface area contributed by atoms with Crippen molar-refractivity contribution in [1.29, 1.82) is 0 Å². The predicted octanol–water partition coefficient (Wildman–Crippen LogP) is 7.79. The van der Waals surface area contributed by atoms with Crippen LogP contribution in [0.5, 0.6) is 0 Å². The molecule has 2 amide bonds. The average Bonchev–Trinajstić information content (AvgIpc) is 2.89. The van der Waals surface area contributed by atoms with Crippen LogP contribution in [-0.2, 0) is 0 Å². The van der Waals surface area contributed by atoms with E-state index in [-0.39, 0.29) is 35.4 Å². The van der Waals surface area contributed by atoms with Crippen molar-refractivity contribution in [3.63, 3.8) is 0 Å². The molecule has 0 radical (unpaired) electrons. The van der Waals surface area contributed by atoms with Gasteiger partial charge in [-0.1, -0.05) is 81.2 Å². The Labute approximate surface area is 230 Å². The van der Waals surface area contributed by atoms with Gasteiger partial charge in [-0.15, -0.1) is 13.0 Å². The molecule has 0 spiro atoms. The van der Waals surface area contributed by atoms with E-state index in [1.54, 1.807) is 18.5 Å². The molecule has 6 atom stereocenters. The second kappa shape index (κ2) is 15.3. The van der Waals surface area contributed by atoms with Crippen LogP contribution >= 0.6 is 0 Å². The SMILES string of the molecule is C#C/C=C\C(C)CC1(CCC)C(C)=C(C(C)[C@@H](F)C=C)CCC1NC(=O)NC1C/C=C\N=C/C(=C)/C=C\C1. The highest BCUT2D eigenvalue weighted by molar-refractivity contribution is 5.81. The molecule has 4 nitrogen and oxygen atoms in total. The summed E-state index contributed by atoms with van der Waals surface area (Å²) in [6.07, 6.45) is 24.5. The quantitative estimate of drug-likeness (QED) is 0.225. The monoisotopic (exact) mass is 519 g/mol. The smallest absolute Gasteiger partial charge is 0.315 e. The number of carbonyl (C=O) groups excluding carboxylic acids is 1. The molecule has 206 valence electrons. The standard InChI is InChI=1S/C33H46FN3O/c1-8-11-14-24(4)22-33(20-9-2)27(7)29(26(6)30(34)10-3)18-19-31(33)37-32(38)36-28-16-12-15-25(5)23-35-21-13-17-28/h1,10-15,21,23-24,26,28,30-31H,3,5,9,16-20,22H2,2,4,6-7H3,(H2,36,37,38)/b14-11-,15-12-,21-13-,35-23-/t24?,26?,28?,30-,31?,33?/m0/s1. The van der Waals surface area contributed by atoms with E-state index in [0.717, 1.165) is 43.3 Å². The van der Waals surface area contributed by atoms with Crippen LogP contribution in [0.25, 0.3) is 0 Å². The normalized spacial score (nSPS) is 29.0. The first-order valence-electron chi connectivity index (χ1n) is 13.9. The first-order valence-corrected chi connectivity index (χ1v) is 13.9. The Morgan fingerprint density at radius 3 is 2.76 bits per heavy atom. The van der Waals surface area contributed by atoms with Crippen LogP contribution in [0.2, 0.25) is 0 Å². The van der Waals surface area contributed by atoms with Crippen molar-refractivity contribution in [1.82, 2.24) is 10.6 Å². The molecule has 0 saturated heterocycles. The Morgan fingerprint density at radius 1 is 1.34 bits per heavy atom. The second-order valence-electron chi connectivity index (χ2n) is 10.7. The van der Waals surface area contributed by atoms with Crippen molar-refractivity contribution in [3.8, 4) is 12.3 Å². The lowest BCUT2D eigenvalue weighted by Gasteiger charge is -2.49. The summed E-state index contributed by atoms with van der Waals surface area (Å²) < 4.78 is 14.8. The van der Waals surface area contributed by atoms with E-state index >= 15 is 0 Å². The highest BCUT2D eigenvalue weighted by Gasteiger charge is 2.45. The Morgan fingerprint density at radius 2 is 2.08 bits per heavy atom. The summed E-state index contributed by atoms with van der Waals surface area (Å²) >= 11 is 0. The summed E-state index contributed by atoms with van der Waals surface area (Å²) in [7, 11) is 0. The zero-order chi connectivity index (χ0) is 28.1. The minimum absolute atomic E-state index is 0.0580. The molecule has 38 heavy (non-hydrogen) atoms. The number of hydrogen-bond acceptors (Lipinski definition) is 2. The van der Waals surface area contributed by atoms with Gasteiger partial charge < -0.3 is 10.6 Å². The molecule has 1 aliphatic carbocycles. The maximum absolute atomic E-state index is 14.8. The number of nitrogens with zero attached hydrogens (tertiary/aromatic N) is 1. The Hall–Kier alpha value is -3.13. The van der Waals surface area contributed by atoms with Crippen molar-refractivity contribution < 1.29 is 9.18 Å². The molecule has 0 aromatic rings. The zero-order valence-electron chi connectivity index (χ0n) is 23.7. The molecule has 0 aromatic heterocycles. The third-order valence-electron chi connectivity index (χ3n) is 8.00. The third kappa shape index (κ3) is 8.45. The maximum atomic E-state index is 14.8. The molecule has 2 rings (SSSR count). The van der Waals surface area contributed by atoms with Gasteiger partial charge in [0, 0.05) is 35.8 Å². The summed E-state index contributed by atoms with van der Waals surface area (Å²) in [6, 6.07) is -0.304. The highest BCUT2D eigenvalue weighted by Crippen LogP contribution is 2.50. The molecule has 2 aliphatic rings. The minimum Gasteiger partial charge on any atom is -0.335 e. The minimum atomic E-state index is -1.10. The van der Waals surface area contributed by atoms with E-state index < -0.39 is 6.17 Å². The van der Waals surface area contributed by atoms with Crippen LogP contribution in [0.4, 0.5) is 9.18 Å². The van der Waals surface area contributed by atoms with Gasteiger partial charge >= 0.3 is 6.03 Å². The van der Waals surface area contributed by atoms with Gasteiger partial charge in [-0.3, -0.25) is 4.99 Å². The number of hydrogen-bond donors (Lipinski definition) is 2. The van der Waals surface area contributed by atoms with E-state index in [2.05, 4.69) is 61.6 Å². The second-order valence-corrected chi connectivity index (χ2v) is 10.7. The van der Waals surface area contributed by atoms with Crippen LogP contribution in [0, 0.1) is 29.6 Å².